The Morgan fingerprint density at radius 3 is 2.70 bits per heavy atom. The van der Waals surface area contributed by atoms with Crippen LogP contribution in [-0.4, -0.2) is 54.7 Å². The van der Waals surface area contributed by atoms with Crippen molar-refractivity contribution in [1.29, 1.82) is 0 Å². The van der Waals surface area contributed by atoms with Crippen LogP contribution in [0.5, 0.6) is 5.75 Å². The lowest BCUT2D eigenvalue weighted by Crippen LogP contribution is -2.38. The second-order valence-corrected chi connectivity index (χ2v) is 4.73. The third-order valence-corrected chi connectivity index (χ3v) is 3.29. The van der Waals surface area contributed by atoms with Gasteiger partial charge in [0.2, 0.25) is 5.91 Å². The first-order chi connectivity index (χ1) is 9.58. The molecule has 1 aromatic carbocycles. The van der Waals surface area contributed by atoms with Crippen LogP contribution in [0.1, 0.15) is 16.8 Å². The van der Waals surface area contributed by atoms with E-state index >= 15 is 0 Å². The molecule has 0 aromatic heterocycles. The molecule has 1 amide bonds. The van der Waals surface area contributed by atoms with E-state index in [0.717, 1.165) is 13.0 Å². The minimum absolute atomic E-state index is 0.113. The number of likely N-dealkylation sites (N-methyl/N-ethyl adjacent to an activating group) is 1. The molecule has 2 rings (SSSR count). The zero-order valence-corrected chi connectivity index (χ0v) is 11.3. The van der Waals surface area contributed by atoms with E-state index in [1.807, 2.05) is 0 Å². The van der Waals surface area contributed by atoms with Crippen LogP contribution >= 0.6 is 0 Å². The summed E-state index contributed by atoms with van der Waals surface area (Å²) in [6, 6.07) is 6.13. The minimum atomic E-state index is -0.956. The fourth-order valence-corrected chi connectivity index (χ4v) is 2.11. The van der Waals surface area contributed by atoms with E-state index in [1.165, 1.54) is 12.1 Å². The maximum Gasteiger partial charge on any atom is 0.335 e. The number of amides is 1. The number of carboxylic acids is 1. The van der Waals surface area contributed by atoms with Crippen molar-refractivity contribution in [2.24, 2.45) is 0 Å². The number of ether oxygens (including phenoxy) is 1. The van der Waals surface area contributed by atoms with Crippen LogP contribution in [0.3, 0.4) is 0 Å². The summed E-state index contributed by atoms with van der Waals surface area (Å²) in [6.45, 7) is 1.79. The molecule has 0 radical (unpaired) electrons. The number of likely N-dealkylation sites (tertiary alicyclic amines) is 1. The Kier molecular flexibility index (Phi) is 4.57. The first-order valence-electron chi connectivity index (χ1n) is 6.52. The van der Waals surface area contributed by atoms with Gasteiger partial charge in [0.25, 0.3) is 0 Å². The van der Waals surface area contributed by atoms with Crippen LogP contribution in [0.2, 0.25) is 0 Å². The highest BCUT2D eigenvalue weighted by molar-refractivity contribution is 5.87. The number of nitrogens with one attached hydrogen (secondary N) is 1. The van der Waals surface area contributed by atoms with Crippen LogP contribution in [-0.2, 0) is 4.79 Å². The number of hydrogen-bond donors (Lipinski definition) is 2. The van der Waals surface area contributed by atoms with E-state index < -0.39 is 5.97 Å². The second-order valence-electron chi connectivity index (χ2n) is 4.73. The molecule has 1 heterocycles. The topological polar surface area (TPSA) is 78.9 Å². The van der Waals surface area contributed by atoms with Gasteiger partial charge in [-0.1, -0.05) is 0 Å². The highest BCUT2D eigenvalue weighted by atomic mass is 16.5. The van der Waals surface area contributed by atoms with E-state index in [9.17, 15) is 9.59 Å². The predicted molar refractivity (Wildman–Crippen MR) is 72.9 cm³/mol. The lowest BCUT2D eigenvalue weighted by molar-refractivity contribution is -0.128. The van der Waals surface area contributed by atoms with Crippen LogP contribution < -0.4 is 10.1 Å². The molecule has 0 bridgehead atoms. The molecule has 6 nitrogen and oxygen atoms in total. The summed E-state index contributed by atoms with van der Waals surface area (Å²) in [7, 11) is 1.80. The Morgan fingerprint density at radius 2 is 2.15 bits per heavy atom. The molecule has 1 aliphatic heterocycles. The molecule has 108 valence electrons. The zero-order valence-electron chi connectivity index (χ0n) is 11.3. The number of carbonyl (C=O) groups excluding carboxylic acids is 1. The molecule has 6 heteroatoms. The Bertz CT molecular complexity index is 486. The van der Waals surface area contributed by atoms with Crippen LogP contribution in [0.15, 0.2) is 24.3 Å². The van der Waals surface area contributed by atoms with E-state index in [2.05, 4.69) is 5.32 Å². The number of hydrogen-bond acceptors (Lipinski definition) is 4. The van der Waals surface area contributed by atoms with Crippen LogP contribution in [0, 0.1) is 0 Å². The maximum absolute atomic E-state index is 11.6. The van der Waals surface area contributed by atoms with E-state index in [-0.39, 0.29) is 17.5 Å². The fourth-order valence-electron chi connectivity index (χ4n) is 2.11. The first kappa shape index (κ1) is 14.3. The standard InChI is InChI=1S/C14H18N2O4/c1-16-8-6-12(13(16)17)15-7-9-20-11-4-2-10(3-5-11)14(18)19/h2-5,12,15H,6-9H2,1H3,(H,18,19). The van der Waals surface area contributed by atoms with Crippen LogP contribution in [0.25, 0.3) is 0 Å². The third-order valence-electron chi connectivity index (χ3n) is 3.29. The van der Waals surface area contributed by atoms with Crippen molar-refractivity contribution in [3.63, 3.8) is 0 Å². The zero-order chi connectivity index (χ0) is 14.5. The number of carboxylic acid groups (broad SMARTS) is 1. The largest absolute Gasteiger partial charge is 0.492 e. The third kappa shape index (κ3) is 3.48. The average molecular weight is 278 g/mol. The Labute approximate surface area is 117 Å². The highest BCUT2D eigenvalue weighted by Gasteiger charge is 2.27. The van der Waals surface area contributed by atoms with Gasteiger partial charge in [-0.3, -0.25) is 4.79 Å². The summed E-state index contributed by atoms with van der Waals surface area (Å²) in [6.07, 6.45) is 0.822. The molecule has 0 saturated carbocycles. The number of rotatable bonds is 6. The summed E-state index contributed by atoms with van der Waals surface area (Å²) < 4.78 is 5.48. The Morgan fingerprint density at radius 1 is 1.45 bits per heavy atom. The Balaban J connectivity index is 1.71. The number of aromatic carboxylic acids is 1. The lowest BCUT2D eigenvalue weighted by Gasteiger charge is -2.12. The van der Waals surface area contributed by atoms with Gasteiger partial charge in [-0.2, -0.15) is 0 Å². The van der Waals surface area contributed by atoms with Gasteiger partial charge in [-0.15, -0.1) is 0 Å². The average Bonchev–Trinajstić information content (AvgIpc) is 2.76. The molecule has 0 aliphatic carbocycles. The molecule has 2 N–H and O–H groups in total. The van der Waals surface area contributed by atoms with Gasteiger partial charge in [0, 0.05) is 20.1 Å². The molecule has 1 saturated heterocycles. The van der Waals surface area contributed by atoms with Gasteiger partial charge < -0.3 is 20.1 Å². The first-order valence-corrected chi connectivity index (χ1v) is 6.52. The summed E-state index contributed by atoms with van der Waals surface area (Å²) in [4.78, 5) is 24.0. The molecular weight excluding hydrogens is 260 g/mol. The highest BCUT2D eigenvalue weighted by Crippen LogP contribution is 2.12. The molecule has 1 aliphatic rings. The van der Waals surface area contributed by atoms with E-state index in [1.54, 1.807) is 24.1 Å². The SMILES string of the molecule is CN1CCC(NCCOc2ccc(C(=O)O)cc2)C1=O. The number of benzene rings is 1. The van der Waals surface area contributed by atoms with Crippen molar-refractivity contribution < 1.29 is 19.4 Å². The molecular formula is C14H18N2O4. The minimum Gasteiger partial charge on any atom is -0.492 e. The molecule has 20 heavy (non-hydrogen) atoms. The normalized spacial score (nSPS) is 18.4. The van der Waals surface area contributed by atoms with Gasteiger partial charge in [0.05, 0.1) is 11.6 Å². The fraction of sp³-hybridized carbons (Fsp3) is 0.429. The van der Waals surface area contributed by atoms with Crippen molar-refractivity contribution in [3.05, 3.63) is 29.8 Å². The Hall–Kier alpha value is -2.08. The van der Waals surface area contributed by atoms with Crippen molar-refractivity contribution in [2.75, 3.05) is 26.7 Å². The molecule has 1 aromatic rings. The second kappa shape index (κ2) is 6.38. The molecule has 1 fully saturated rings. The smallest absolute Gasteiger partial charge is 0.335 e. The predicted octanol–water partition coefficient (Wildman–Crippen LogP) is 0.584. The van der Waals surface area contributed by atoms with Crippen LogP contribution in [0.4, 0.5) is 0 Å². The van der Waals surface area contributed by atoms with Gasteiger partial charge >= 0.3 is 5.97 Å². The number of carbonyl (C=O) groups is 2. The lowest BCUT2D eigenvalue weighted by atomic mass is 10.2. The van der Waals surface area contributed by atoms with Crippen molar-refractivity contribution in [3.8, 4) is 5.75 Å². The molecule has 0 spiro atoms. The van der Waals surface area contributed by atoms with Crippen molar-refractivity contribution >= 4 is 11.9 Å². The van der Waals surface area contributed by atoms with Gasteiger partial charge in [0.15, 0.2) is 0 Å². The summed E-state index contributed by atoms with van der Waals surface area (Å²) in [5.41, 5.74) is 0.232. The summed E-state index contributed by atoms with van der Waals surface area (Å²) in [5, 5.41) is 11.9. The van der Waals surface area contributed by atoms with E-state index in [4.69, 9.17) is 9.84 Å². The van der Waals surface area contributed by atoms with Gasteiger partial charge in [-0.05, 0) is 30.7 Å². The number of nitrogens with zero attached hydrogens (tertiary/aromatic N) is 1. The molecule has 1 atom stereocenters. The van der Waals surface area contributed by atoms with Gasteiger partial charge in [0.1, 0.15) is 12.4 Å². The molecule has 1 unspecified atom stereocenters. The monoisotopic (exact) mass is 278 g/mol. The van der Waals surface area contributed by atoms with Gasteiger partial charge in [-0.25, -0.2) is 4.79 Å². The van der Waals surface area contributed by atoms with Crippen molar-refractivity contribution in [1.82, 2.24) is 10.2 Å². The van der Waals surface area contributed by atoms with E-state index in [0.29, 0.717) is 18.9 Å². The summed E-state index contributed by atoms with van der Waals surface area (Å²) in [5.74, 6) is -0.218. The van der Waals surface area contributed by atoms with Crippen molar-refractivity contribution in [2.45, 2.75) is 12.5 Å². The maximum atomic E-state index is 11.6. The summed E-state index contributed by atoms with van der Waals surface area (Å²) >= 11 is 0. The quantitative estimate of drug-likeness (QED) is 0.744.